The molecular formula is C8H14N2OS. The summed E-state index contributed by atoms with van der Waals surface area (Å²) in [5.41, 5.74) is 2.19. The number of hydrogen-bond acceptors (Lipinski definition) is 3. The van der Waals surface area contributed by atoms with Crippen LogP contribution in [-0.4, -0.2) is 22.6 Å². The quantitative estimate of drug-likeness (QED) is 0.718. The van der Waals surface area contributed by atoms with Crippen molar-refractivity contribution in [2.75, 3.05) is 12.9 Å². The summed E-state index contributed by atoms with van der Waals surface area (Å²) in [6, 6.07) is 0. The van der Waals surface area contributed by atoms with Crippen LogP contribution >= 0.6 is 12.6 Å². The second kappa shape index (κ2) is 3.85. The number of ether oxygens (including phenoxy) is 1. The Morgan fingerprint density at radius 3 is 2.75 bits per heavy atom. The zero-order chi connectivity index (χ0) is 9.14. The van der Waals surface area contributed by atoms with Crippen molar-refractivity contribution in [1.82, 2.24) is 9.78 Å². The van der Waals surface area contributed by atoms with E-state index in [-0.39, 0.29) is 0 Å². The fourth-order valence-corrected chi connectivity index (χ4v) is 1.56. The molecule has 1 heterocycles. The standard InChI is InChI=1S/C8H14N2OS/c1-6-7(4-5-12)8(11-3)10(2)9-6/h12H,4-5H2,1-3H3. The fourth-order valence-electron chi connectivity index (χ4n) is 1.34. The van der Waals surface area contributed by atoms with Crippen LogP contribution in [0, 0.1) is 6.92 Å². The van der Waals surface area contributed by atoms with Gasteiger partial charge in [0.15, 0.2) is 0 Å². The van der Waals surface area contributed by atoms with E-state index in [1.165, 1.54) is 0 Å². The van der Waals surface area contributed by atoms with Crippen LogP contribution in [0.1, 0.15) is 11.3 Å². The van der Waals surface area contributed by atoms with Crippen LogP contribution in [0.3, 0.4) is 0 Å². The van der Waals surface area contributed by atoms with E-state index < -0.39 is 0 Å². The van der Waals surface area contributed by atoms with Gasteiger partial charge in [-0.15, -0.1) is 0 Å². The van der Waals surface area contributed by atoms with Gasteiger partial charge in [0, 0.05) is 12.6 Å². The monoisotopic (exact) mass is 186 g/mol. The van der Waals surface area contributed by atoms with Crippen LogP contribution in [-0.2, 0) is 13.5 Å². The van der Waals surface area contributed by atoms with Gasteiger partial charge in [-0.25, -0.2) is 4.68 Å². The van der Waals surface area contributed by atoms with Gasteiger partial charge in [0.25, 0.3) is 0 Å². The highest BCUT2D eigenvalue weighted by Gasteiger charge is 2.11. The molecule has 0 aromatic carbocycles. The van der Waals surface area contributed by atoms with E-state index in [1.807, 2.05) is 14.0 Å². The molecule has 0 saturated heterocycles. The summed E-state index contributed by atoms with van der Waals surface area (Å²) in [5.74, 6) is 1.67. The Morgan fingerprint density at radius 2 is 2.25 bits per heavy atom. The molecule has 0 N–H and O–H groups in total. The molecular weight excluding hydrogens is 172 g/mol. The minimum Gasteiger partial charge on any atom is -0.481 e. The number of aryl methyl sites for hydroxylation is 2. The summed E-state index contributed by atoms with van der Waals surface area (Å²) in [6.45, 7) is 1.99. The molecule has 1 aromatic heterocycles. The lowest BCUT2D eigenvalue weighted by atomic mass is 10.2. The van der Waals surface area contributed by atoms with Crippen LogP contribution in [0.2, 0.25) is 0 Å². The molecule has 3 nitrogen and oxygen atoms in total. The van der Waals surface area contributed by atoms with Crippen LogP contribution in [0.15, 0.2) is 0 Å². The molecule has 0 aliphatic heterocycles. The van der Waals surface area contributed by atoms with Gasteiger partial charge in [0.1, 0.15) is 0 Å². The first-order chi connectivity index (χ1) is 5.70. The predicted molar refractivity (Wildman–Crippen MR) is 52.1 cm³/mol. The predicted octanol–water partition coefficient (Wildman–Crippen LogP) is 1.21. The minimum atomic E-state index is 0.822. The number of aromatic nitrogens is 2. The molecule has 1 aromatic rings. The van der Waals surface area contributed by atoms with Gasteiger partial charge in [-0.2, -0.15) is 17.7 Å². The summed E-state index contributed by atoms with van der Waals surface area (Å²) in [6.07, 6.45) is 0.909. The molecule has 0 amide bonds. The van der Waals surface area contributed by atoms with Crippen molar-refractivity contribution in [2.45, 2.75) is 13.3 Å². The van der Waals surface area contributed by atoms with Crippen molar-refractivity contribution < 1.29 is 4.74 Å². The summed E-state index contributed by atoms with van der Waals surface area (Å²) < 4.78 is 6.97. The molecule has 0 aliphatic rings. The first-order valence-corrected chi connectivity index (χ1v) is 4.51. The lowest BCUT2D eigenvalue weighted by Crippen LogP contribution is -1.97. The maximum absolute atomic E-state index is 5.22. The highest BCUT2D eigenvalue weighted by molar-refractivity contribution is 7.80. The third kappa shape index (κ3) is 1.58. The summed E-state index contributed by atoms with van der Waals surface area (Å²) >= 11 is 4.18. The van der Waals surface area contributed by atoms with Crippen molar-refractivity contribution in [1.29, 1.82) is 0 Å². The van der Waals surface area contributed by atoms with Crippen LogP contribution in [0.4, 0.5) is 0 Å². The lowest BCUT2D eigenvalue weighted by Gasteiger charge is -2.02. The molecule has 0 spiro atoms. The van der Waals surface area contributed by atoms with E-state index in [9.17, 15) is 0 Å². The average Bonchev–Trinajstić information content (AvgIpc) is 2.28. The Morgan fingerprint density at radius 1 is 1.58 bits per heavy atom. The van der Waals surface area contributed by atoms with Gasteiger partial charge in [-0.1, -0.05) is 0 Å². The summed E-state index contributed by atoms with van der Waals surface area (Å²) in [7, 11) is 3.55. The van der Waals surface area contributed by atoms with Crippen LogP contribution < -0.4 is 4.74 Å². The van der Waals surface area contributed by atoms with Gasteiger partial charge >= 0.3 is 0 Å². The van der Waals surface area contributed by atoms with Gasteiger partial charge in [-0.3, -0.25) is 0 Å². The lowest BCUT2D eigenvalue weighted by molar-refractivity contribution is 0.369. The van der Waals surface area contributed by atoms with Crippen LogP contribution in [0.5, 0.6) is 5.88 Å². The first kappa shape index (κ1) is 9.45. The summed E-state index contributed by atoms with van der Waals surface area (Å²) in [5, 5.41) is 4.26. The molecule has 68 valence electrons. The minimum absolute atomic E-state index is 0.822. The Bertz CT molecular complexity index is 270. The van der Waals surface area contributed by atoms with Gasteiger partial charge in [0.2, 0.25) is 5.88 Å². The molecule has 4 heteroatoms. The zero-order valence-electron chi connectivity index (χ0n) is 7.66. The van der Waals surface area contributed by atoms with Crippen LogP contribution in [0.25, 0.3) is 0 Å². The second-order valence-corrected chi connectivity index (χ2v) is 3.12. The van der Waals surface area contributed by atoms with Gasteiger partial charge < -0.3 is 4.74 Å². The number of hydrogen-bond donors (Lipinski definition) is 1. The van der Waals surface area contributed by atoms with E-state index in [1.54, 1.807) is 11.8 Å². The topological polar surface area (TPSA) is 27.1 Å². The second-order valence-electron chi connectivity index (χ2n) is 2.67. The first-order valence-electron chi connectivity index (χ1n) is 3.88. The maximum atomic E-state index is 5.22. The van der Waals surface area contributed by atoms with E-state index >= 15 is 0 Å². The zero-order valence-corrected chi connectivity index (χ0v) is 8.56. The molecule has 0 bridgehead atoms. The fraction of sp³-hybridized carbons (Fsp3) is 0.625. The largest absolute Gasteiger partial charge is 0.481 e. The number of thiol groups is 1. The summed E-state index contributed by atoms with van der Waals surface area (Å²) in [4.78, 5) is 0. The smallest absolute Gasteiger partial charge is 0.214 e. The molecule has 0 saturated carbocycles. The van der Waals surface area contributed by atoms with Gasteiger partial charge in [-0.05, 0) is 19.1 Å². The Kier molecular flexibility index (Phi) is 3.03. The number of nitrogens with zero attached hydrogens (tertiary/aromatic N) is 2. The Labute approximate surface area is 78.1 Å². The molecule has 0 atom stereocenters. The van der Waals surface area contributed by atoms with E-state index in [0.717, 1.165) is 29.3 Å². The third-order valence-electron chi connectivity index (χ3n) is 1.84. The SMILES string of the molecule is COc1c(CCS)c(C)nn1C. The highest BCUT2D eigenvalue weighted by Crippen LogP contribution is 2.21. The number of rotatable bonds is 3. The Hall–Kier alpha value is -0.640. The van der Waals surface area contributed by atoms with Crippen molar-refractivity contribution in [2.24, 2.45) is 7.05 Å². The van der Waals surface area contributed by atoms with E-state index in [2.05, 4.69) is 17.7 Å². The van der Waals surface area contributed by atoms with E-state index in [4.69, 9.17) is 4.74 Å². The van der Waals surface area contributed by atoms with Crippen molar-refractivity contribution >= 4 is 12.6 Å². The van der Waals surface area contributed by atoms with Gasteiger partial charge in [0.05, 0.1) is 12.8 Å². The molecule has 1 rings (SSSR count). The van der Waals surface area contributed by atoms with Crippen molar-refractivity contribution in [3.05, 3.63) is 11.3 Å². The highest BCUT2D eigenvalue weighted by atomic mass is 32.1. The molecule has 0 aliphatic carbocycles. The molecule has 0 radical (unpaired) electrons. The average molecular weight is 186 g/mol. The normalized spacial score (nSPS) is 10.3. The maximum Gasteiger partial charge on any atom is 0.214 e. The van der Waals surface area contributed by atoms with Crippen molar-refractivity contribution in [3.8, 4) is 5.88 Å². The number of methoxy groups -OCH3 is 1. The molecule has 0 unspecified atom stereocenters. The molecule has 0 fully saturated rings. The van der Waals surface area contributed by atoms with Crippen molar-refractivity contribution in [3.63, 3.8) is 0 Å². The Balaban J connectivity index is 3.04. The van der Waals surface area contributed by atoms with E-state index in [0.29, 0.717) is 0 Å². The molecule has 12 heavy (non-hydrogen) atoms. The third-order valence-corrected chi connectivity index (χ3v) is 2.07.